The van der Waals surface area contributed by atoms with Gasteiger partial charge in [0.1, 0.15) is 0 Å². The molecule has 0 saturated carbocycles. The number of hydrogen-bond donors (Lipinski definition) is 0. The second-order valence-electron chi connectivity index (χ2n) is 7.68. The molecule has 8 nitrogen and oxygen atoms in total. The predicted molar refractivity (Wildman–Crippen MR) is 105 cm³/mol. The fourth-order valence-electron chi connectivity index (χ4n) is 3.88. The van der Waals surface area contributed by atoms with Gasteiger partial charge in [-0.1, -0.05) is 0 Å². The smallest absolute Gasteiger partial charge is 0.236 e. The maximum absolute atomic E-state index is 12.6. The van der Waals surface area contributed by atoms with Crippen molar-refractivity contribution in [2.45, 2.75) is 45.1 Å². The van der Waals surface area contributed by atoms with Gasteiger partial charge in [-0.3, -0.25) is 19.4 Å². The van der Waals surface area contributed by atoms with Gasteiger partial charge in [-0.25, -0.2) is 0 Å². The summed E-state index contributed by atoms with van der Waals surface area (Å²) in [5.74, 6) is 0.188. The molecule has 28 heavy (non-hydrogen) atoms. The number of carbonyl (C=O) groups is 2. The standard InChI is InChI=1S/C20H32N6O2/c1-18-6-2-3-11-26(18)20(28)17-24-14-12-23(13-15-24)16-19(27)25(9-4-7-21)10-5-8-22/h18H,2-6,9-17H2,1H3. The Balaban J connectivity index is 1.74. The Hall–Kier alpha value is -2.16. The highest BCUT2D eigenvalue weighted by atomic mass is 16.2. The van der Waals surface area contributed by atoms with Crippen molar-refractivity contribution in [3.05, 3.63) is 0 Å². The van der Waals surface area contributed by atoms with Crippen LogP contribution in [0.4, 0.5) is 0 Å². The summed E-state index contributed by atoms with van der Waals surface area (Å²) in [7, 11) is 0. The molecule has 2 rings (SSSR count). The molecule has 0 aliphatic carbocycles. The van der Waals surface area contributed by atoms with Crippen LogP contribution in [-0.4, -0.2) is 96.4 Å². The Labute approximate surface area is 168 Å². The molecule has 2 aliphatic heterocycles. The molecule has 0 aromatic carbocycles. The number of nitrogens with zero attached hydrogens (tertiary/aromatic N) is 6. The summed E-state index contributed by atoms with van der Waals surface area (Å²) in [5.41, 5.74) is 0. The zero-order valence-electron chi connectivity index (χ0n) is 17.0. The van der Waals surface area contributed by atoms with Crippen molar-refractivity contribution < 1.29 is 9.59 Å². The molecule has 154 valence electrons. The van der Waals surface area contributed by atoms with Crippen LogP contribution < -0.4 is 0 Å². The van der Waals surface area contributed by atoms with Crippen LogP contribution in [0.1, 0.15) is 39.0 Å². The number of carbonyl (C=O) groups excluding carboxylic acids is 2. The molecule has 2 amide bonds. The van der Waals surface area contributed by atoms with Gasteiger partial charge in [-0.2, -0.15) is 10.5 Å². The fourth-order valence-corrected chi connectivity index (χ4v) is 3.88. The lowest BCUT2D eigenvalue weighted by molar-refractivity contribution is -0.137. The molecule has 2 aliphatic rings. The third kappa shape index (κ3) is 6.78. The van der Waals surface area contributed by atoms with Crippen LogP contribution in [0.15, 0.2) is 0 Å². The lowest BCUT2D eigenvalue weighted by Crippen LogP contribution is -2.53. The van der Waals surface area contributed by atoms with Crippen LogP contribution in [0.25, 0.3) is 0 Å². The molecule has 2 saturated heterocycles. The molecule has 0 spiro atoms. The summed E-state index contributed by atoms with van der Waals surface area (Å²) in [6.07, 6.45) is 3.96. The first-order valence-corrected chi connectivity index (χ1v) is 10.3. The Morgan fingerprint density at radius 1 is 0.929 bits per heavy atom. The number of nitriles is 2. The van der Waals surface area contributed by atoms with Crippen LogP contribution in [0, 0.1) is 22.7 Å². The van der Waals surface area contributed by atoms with E-state index in [-0.39, 0.29) is 24.7 Å². The van der Waals surface area contributed by atoms with Crippen LogP contribution in [0.2, 0.25) is 0 Å². The van der Waals surface area contributed by atoms with E-state index in [0.29, 0.717) is 32.2 Å². The van der Waals surface area contributed by atoms with Gasteiger partial charge in [-0.05, 0) is 26.2 Å². The van der Waals surface area contributed by atoms with Gasteiger partial charge in [0.2, 0.25) is 11.8 Å². The van der Waals surface area contributed by atoms with Crippen LogP contribution in [0.3, 0.4) is 0 Å². The molecule has 1 atom stereocenters. The lowest BCUT2D eigenvalue weighted by Gasteiger charge is -2.38. The zero-order valence-corrected chi connectivity index (χ0v) is 17.0. The van der Waals surface area contributed by atoms with E-state index in [1.54, 1.807) is 4.90 Å². The van der Waals surface area contributed by atoms with E-state index in [1.807, 2.05) is 4.90 Å². The van der Waals surface area contributed by atoms with E-state index in [2.05, 4.69) is 28.9 Å². The van der Waals surface area contributed by atoms with Crippen LogP contribution >= 0.6 is 0 Å². The summed E-state index contributed by atoms with van der Waals surface area (Å²) in [5, 5.41) is 17.5. The molecule has 1 unspecified atom stereocenters. The van der Waals surface area contributed by atoms with E-state index < -0.39 is 0 Å². The number of piperidine rings is 1. The maximum Gasteiger partial charge on any atom is 0.236 e. The normalized spacial score (nSPS) is 21.0. The minimum atomic E-state index is -0.0304. The zero-order chi connectivity index (χ0) is 20.4. The highest BCUT2D eigenvalue weighted by Gasteiger charge is 2.27. The number of likely N-dealkylation sites (tertiary alicyclic amines) is 1. The Kier molecular flexibility index (Phi) is 9.19. The van der Waals surface area contributed by atoms with Crippen molar-refractivity contribution in [2.24, 2.45) is 0 Å². The third-order valence-corrected chi connectivity index (χ3v) is 5.65. The second kappa shape index (κ2) is 11.6. The average Bonchev–Trinajstić information content (AvgIpc) is 2.69. The summed E-state index contributed by atoms with van der Waals surface area (Å²) >= 11 is 0. The van der Waals surface area contributed by atoms with Gasteiger partial charge < -0.3 is 9.80 Å². The van der Waals surface area contributed by atoms with Crippen molar-refractivity contribution in [2.75, 3.05) is 58.9 Å². The first-order chi connectivity index (χ1) is 13.5. The van der Waals surface area contributed by atoms with Gasteiger partial charge in [0.05, 0.1) is 38.1 Å². The topological polar surface area (TPSA) is 94.7 Å². The molecule has 2 heterocycles. The summed E-state index contributed by atoms with van der Waals surface area (Å²) in [4.78, 5) is 33.0. The molecular weight excluding hydrogens is 356 g/mol. The molecule has 0 aromatic heterocycles. The van der Waals surface area contributed by atoms with Crippen molar-refractivity contribution in [3.63, 3.8) is 0 Å². The Morgan fingerprint density at radius 3 is 2.04 bits per heavy atom. The quantitative estimate of drug-likeness (QED) is 0.606. The number of piperazine rings is 1. The molecular formula is C20H32N6O2. The summed E-state index contributed by atoms with van der Waals surface area (Å²) < 4.78 is 0. The lowest BCUT2D eigenvalue weighted by atomic mass is 10.0. The molecule has 0 N–H and O–H groups in total. The molecule has 0 bridgehead atoms. The molecule has 8 heteroatoms. The van der Waals surface area contributed by atoms with E-state index in [0.717, 1.165) is 45.6 Å². The number of amides is 2. The third-order valence-electron chi connectivity index (χ3n) is 5.65. The second-order valence-corrected chi connectivity index (χ2v) is 7.68. The number of hydrogen-bond acceptors (Lipinski definition) is 6. The van der Waals surface area contributed by atoms with Gasteiger partial charge in [-0.15, -0.1) is 0 Å². The van der Waals surface area contributed by atoms with E-state index in [9.17, 15) is 9.59 Å². The van der Waals surface area contributed by atoms with Crippen molar-refractivity contribution in [1.82, 2.24) is 19.6 Å². The highest BCUT2D eigenvalue weighted by molar-refractivity contribution is 5.79. The fraction of sp³-hybridized carbons (Fsp3) is 0.800. The molecule has 0 aromatic rings. The predicted octanol–water partition coefficient (Wildman–Crippen LogP) is 0.661. The van der Waals surface area contributed by atoms with Gasteiger partial charge in [0.25, 0.3) is 0 Å². The van der Waals surface area contributed by atoms with Gasteiger partial charge >= 0.3 is 0 Å². The van der Waals surface area contributed by atoms with Crippen LogP contribution in [-0.2, 0) is 9.59 Å². The SMILES string of the molecule is CC1CCCCN1C(=O)CN1CCN(CC(=O)N(CCC#N)CCC#N)CC1. The Morgan fingerprint density at radius 2 is 1.50 bits per heavy atom. The van der Waals surface area contributed by atoms with Crippen molar-refractivity contribution >= 4 is 11.8 Å². The molecule has 2 fully saturated rings. The van der Waals surface area contributed by atoms with Gasteiger partial charge in [0, 0.05) is 51.9 Å². The number of rotatable bonds is 8. The maximum atomic E-state index is 12.6. The van der Waals surface area contributed by atoms with Gasteiger partial charge in [0.15, 0.2) is 0 Å². The highest BCUT2D eigenvalue weighted by Crippen LogP contribution is 2.17. The Bertz CT molecular complexity index is 585. The largest absolute Gasteiger partial charge is 0.340 e. The van der Waals surface area contributed by atoms with Crippen molar-refractivity contribution in [3.8, 4) is 12.1 Å². The summed E-state index contributed by atoms with van der Waals surface area (Å²) in [6, 6.07) is 4.45. The van der Waals surface area contributed by atoms with E-state index in [1.165, 1.54) is 6.42 Å². The first-order valence-electron chi connectivity index (χ1n) is 10.3. The minimum absolute atomic E-state index is 0.0304. The minimum Gasteiger partial charge on any atom is -0.340 e. The first kappa shape index (κ1) is 22.1. The van der Waals surface area contributed by atoms with Crippen LogP contribution in [0.5, 0.6) is 0 Å². The molecule has 0 radical (unpaired) electrons. The average molecular weight is 389 g/mol. The summed E-state index contributed by atoms with van der Waals surface area (Å²) in [6.45, 7) is 7.57. The van der Waals surface area contributed by atoms with E-state index >= 15 is 0 Å². The van der Waals surface area contributed by atoms with Crippen molar-refractivity contribution in [1.29, 1.82) is 10.5 Å². The monoisotopic (exact) mass is 388 g/mol. The van der Waals surface area contributed by atoms with E-state index in [4.69, 9.17) is 10.5 Å².